The second kappa shape index (κ2) is 7.02. The number of hydrogen-bond acceptors (Lipinski definition) is 3. The summed E-state index contributed by atoms with van der Waals surface area (Å²) in [5.74, 6) is 2.79. The van der Waals surface area contributed by atoms with Crippen molar-refractivity contribution in [3.63, 3.8) is 0 Å². The molecule has 1 heterocycles. The summed E-state index contributed by atoms with van der Waals surface area (Å²) >= 11 is 0. The number of rotatable bonds is 3. The number of nitrogens with zero attached hydrogens (tertiary/aromatic N) is 2. The number of benzene rings is 1. The zero-order valence-corrected chi connectivity index (χ0v) is 17.8. The first-order valence-corrected chi connectivity index (χ1v) is 11.1. The molecular formula is C25H32N2O2. The third-order valence-corrected chi connectivity index (χ3v) is 8.12. The van der Waals surface area contributed by atoms with Crippen LogP contribution in [0.15, 0.2) is 36.0 Å². The van der Waals surface area contributed by atoms with Crippen LogP contribution in [0, 0.1) is 17.3 Å². The number of aryl methyl sites for hydroxylation is 2. The van der Waals surface area contributed by atoms with Gasteiger partial charge in [-0.1, -0.05) is 13.0 Å². The molecule has 1 aromatic carbocycles. The molecule has 5 unspecified atom stereocenters. The molecule has 154 valence electrons. The van der Waals surface area contributed by atoms with Crippen molar-refractivity contribution in [2.24, 2.45) is 17.3 Å². The molecule has 0 amide bonds. The van der Waals surface area contributed by atoms with E-state index in [0.29, 0.717) is 17.8 Å². The Morgan fingerprint density at radius 1 is 1.31 bits per heavy atom. The molecule has 0 spiro atoms. The molecule has 29 heavy (non-hydrogen) atoms. The van der Waals surface area contributed by atoms with Crippen molar-refractivity contribution in [1.82, 2.24) is 9.78 Å². The summed E-state index contributed by atoms with van der Waals surface area (Å²) in [5, 5.41) is 15.9. The number of ether oxygens (including phenoxy) is 1. The van der Waals surface area contributed by atoms with E-state index >= 15 is 0 Å². The van der Waals surface area contributed by atoms with Gasteiger partial charge in [0.1, 0.15) is 5.75 Å². The van der Waals surface area contributed by atoms with E-state index in [1.54, 1.807) is 7.11 Å². The van der Waals surface area contributed by atoms with Crippen LogP contribution in [0.1, 0.15) is 62.3 Å². The molecule has 0 aliphatic heterocycles. The first-order chi connectivity index (χ1) is 14.0. The minimum absolute atomic E-state index is 0.00963. The van der Waals surface area contributed by atoms with Gasteiger partial charge < -0.3 is 9.84 Å². The summed E-state index contributed by atoms with van der Waals surface area (Å²) in [7, 11) is 1.75. The van der Waals surface area contributed by atoms with Crippen molar-refractivity contribution >= 4 is 6.08 Å². The summed E-state index contributed by atoms with van der Waals surface area (Å²) in [6.07, 6.45) is 9.42. The lowest BCUT2D eigenvalue weighted by Crippen LogP contribution is -2.44. The first kappa shape index (κ1) is 18.9. The molecule has 5 rings (SSSR count). The molecule has 3 aliphatic rings. The number of aliphatic hydroxyl groups is 1. The largest absolute Gasteiger partial charge is 0.497 e. The third-order valence-electron chi connectivity index (χ3n) is 8.12. The normalized spacial score (nSPS) is 34.6. The second-order valence-corrected chi connectivity index (χ2v) is 9.45. The molecule has 2 saturated carbocycles. The van der Waals surface area contributed by atoms with Gasteiger partial charge in [0.05, 0.1) is 18.9 Å². The predicted octanol–water partition coefficient (Wildman–Crippen LogP) is 4.82. The SMILES string of the molecule is CCn1ccc(/C=C2\CC3C4CCc5cc(OC)ccc5C4CCC3(C)C2O)n1. The molecule has 4 heteroatoms. The Kier molecular flexibility index (Phi) is 4.58. The van der Waals surface area contributed by atoms with Gasteiger partial charge in [-0.05, 0) is 97.8 Å². The smallest absolute Gasteiger partial charge is 0.119 e. The summed E-state index contributed by atoms with van der Waals surface area (Å²) < 4.78 is 7.40. The molecule has 5 atom stereocenters. The Balaban J connectivity index is 1.45. The van der Waals surface area contributed by atoms with Crippen LogP contribution < -0.4 is 4.74 Å². The quantitative estimate of drug-likeness (QED) is 0.814. The second-order valence-electron chi connectivity index (χ2n) is 9.45. The molecule has 2 fully saturated rings. The van der Waals surface area contributed by atoms with Crippen LogP contribution in [0.2, 0.25) is 0 Å². The van der Waals surface area contributed by atoms with Gasteiger partial charge >= 0.3 is 0 Å². The van der Waals surface area contributed by atoms with Crippen LogP contribution in [0.25, 0.3) is 6.08 Å². The Hall–Kier alpha value is -2.07. The zero-order valence-electron chi connectivity index (χ0n) is 17.8. The van der Waals surface area contributed by atoms with Crippen LogP contribution in [-0.2, 0) is 13.0 Å². The molecule has 4 nitrogen and oxygen atoms in total. The fourth-order valence-corrected chi connectivity index (χ4v) is 6.50. The summed E-state index contributed by atoms with van der Waals surface area (Å²) in [6.45, 7) is 5.30. The van der Waals surface area contributed by atoms with Crippen LogP contribution in [-0.4, -0.2) is 28.1 Å². The van der Waals surface area contributed by atoms with E-state index in [2.05, 4.69) is 49.3 Å². The van der Waals surface area contributed by atoms with Crippen molar-refractivity contribution in [3.05, 3.63) is 52.9 Å². The molecule has 0 saturated heterocycles. The lowest BCUT2D eigenvalue weighted by molar-refractivity contribution is -0.0158. The van der Waals surface area contributed by atoms with E-state index in [4.69, 9.17) is 4.74 Å². The molecule has 0 radical (unpaired) electrons. The first-order valence-electron chi connectivity index (χ1n) is 11.1. The van der Waals surface area contributed by atoms with Gasteiger partial charge in [-0.3, -0.25) is 4.68 Å². The summed E-state index contributed by atoms with van der Waals surface area (Å²) in [5.41, 5.74) is 5.14. The highest BCUT2D eigenvalue weighted by Crippen LogP contribution is 2.62. The van der Waals surface area contributed by atoms with Gasteiger partial charge in [-0.2, -0.15) is 5.10 Å². The van der Waals surface area contributed by atoms with Crippen molar-refractivity contribution in [3.8, 4) is 5.75 Å². The van der Waals surface area contributed by atoms with Crippen LogP contribution in [0.3, 0.4) is 0 Å². The minimum Gasteiger partial charge on any atom is -0.497 e. The van der Waals surface area contributed by atoms with Crippen LogP contribution >= 0.6 is 0 Å². The standard InChI is InChI=1S/C25H32N2O2/c1-4-27-12-10-18(26-27)13-17-15-23-22-7-5-16-14-19(29-3)6-8-20(16)21(22)9-11-25(23,2)24(17)28/h6,8,10,12-14,21-24,28H,4-5,7,9,11,15H2,1-3H3/b17-13+. The van der Waals surface area contributed by atoms with Crippen molar-refractivity contribution in [1.29, 1.82) is 0 Å². The lowest BCUT2D eigenvalue weighted by Gasteiger charge is -2.49. The highest BCUT2D eigenvalue weighted by molar-refractivity contribution is 5.52. The Morgan fingerprint density at radius 2 is 2.17 bits per heavy atom. The minimum atomic E-state index is -0.350. The molecule has 1 N–H and O–H groups in total. The topological polar surface area (TPSA) is 47.3 Å². The van der Waals surface area contributed by atoms with Gasteiger partial charge in [-0.15, -0.1) is 0 Å². The predicted molar refractivity (Wildman–Crippen MR) is 115 cm³/mol. The number of aliphatic hydroxyl groups excluding tert-OH is 1. The Bertz CT molecular complexity index is 946. The molecular weight excluding hydrogens is 360 g/mol. The third kappa shape index (κ3) is 2.95. The molecule has 2 aromatic rings. The maximum atomic E-state index is 11.3. The van der Waals surface area contributed by atoms with Crippen LogP contribution in [0.4, 0.5) is 0 Å². The maximum Gasteiger partial charge on any atom is 0.119 e. The molecule has 3 aliphatic carbocycles. The van der Waals surface area contributed by atoms with Gasteiger partial charge in [0, 0.05) is 18.2 Å². The van der Waals surface area contributed by atoms with E-state index in [1.165, 1.54) is 29.5 Å². The number of methoxy groups -OCH3 is 1. The van der Waals surface area contributed by atoms with E-state index in [9.17, 15) is 5.11 Å². The van der Waals surface area contributed by atoms with Crippen molar-refractivity contribution < 1.29 is 9.84 Å². The number of hydrogen-bond donors (Lipinski definition) is 1. The summed E-state index contributed by atoms with van der Waals surface area (Å²) in [4.78, 5) is 0. The van der Waals surface area contributed by atoms with Gasteiger partial charge in [0.25, 0.3) is 0 Å². The highest BCUT2D eigenvalue weighted by atomic mass is 16.5. The highest BCUT2D eigenvalue weighted by Gasteiger charge is 2.56. The monoisotopic (exact) mass is 392 g/mol. The number of aromatic nitrogens is 2. The van der Waals surface area contributed by atoms with E-state index in [1.807, 2.05) is 10.9 Å². The van der Waals surface area contributed by atoms with E-state index in [0.717, 1.165) is 37.3 Å². The summed E-state index contributed by atoms with van der Waals surface area (Å²) in [6, 6.07) is 8.71. The Morgan fingerprint density at radius 3 is 2.93 bits per heavy atom. The van der Waals surface area contributed by atoms with Crippen molar-refractivity contribution in [2.75, 3.05) is 7.11 Å². The van der Waals surface area contributed by atoms with Crippen LogP contribution in [0.5, 0.6) is 5.75 Å². The fraction of sp³-hybridized carbons (Fsp3) is 0.560. The van der Waals surface area contributed by atoms with Crippen molar-refractivity contribution in [2.45, 2.75) is 64.5 Å². The molecule has 1 aromatic heterocycles. The average molecular weight is 393 g/mol. The van der Waals surface area contributed by atoms with E-state index in [-0.39, 0.29) is 11.5 Å². The fourth-order valence-electron chi connectivity index (χ4n) is 6.50. The maximum absolute atomic E-state index is 11.3. The van der Waals surface area contributed by atoms with Gasteiger partial charge in [-0.25, -0.2) is 0 Å². The zero-order chi connectivity index (χ0) is 20.2. The van der Waals surface area contributed by atoms with Gasteiger partial charge in [0.15, 0.2) is 0 Å². The average Bonchev–Trinajstić information content (AvgIpc) is 3.30. The Labute approximate surface area is 173 Å². The van der Waals surface area contributed by atoms with Gasteiger partial charge in [0.2, 0.25) is 0 Å². The molecule has 0 bridgehead atoms. The number of fused-ring (bicyclic) bond motifs is 5. The lowest BCUT2D eigenvalue weighted by atomic mass is 9.55. The van der Waals surface area contributed by atoms with E-state index < -0.39 is 0 Å².